The number of ether oxygens (including phenoxy) is 1. The van der Waals surface area contributed by atoms with Crippen LogP contribution in [-0.4, -0.2) is 32.8 Å². The van der Waals surface area contributed by atoms with Gasteiger partial charge in [0.1, 0.15) is 0 Å². The third kappa shape index (κ3) is 2.72. The van der Waals surface area contributed by atoms with Crippen molar-refractivity contribution in [2.24, 2.45) is 11.3 Å². The molecule has 0 radical (unpaired) electrons. The monoisotopic (exact) mass is 338 g/mol. The maximum atomic E-state index is 12.4. The highest BCUT2D eigenvalue weighted by Crippen LogP contribution is 2.70. The summed E-state index contributed by atoms with van der Waals surface area (Å²) in [6.07, 6.45) is 2.71. The number of Topliss-reactive ketones (excluding diaryl/α,β-unsaturated/α-hetero) is 1. The zero-order chi connectivity index (χ0) is 17.8. The van der Waals surface area contributed by atoms with Crippen LogP contribution in [-0.2, 0) is 18.8 Å². The van der Waals surface area contributed by atoms with E-state index in [1.165, 1.54) is 7.11 Å². The third-order valence-corrected chi connectivity index (χ3v) is 10.9. The number of rotatable bonds is 3. The molecule has 0 aliphatic heterocycles. The summed E-state index contributed by atoms with van der Waals surface area (Å²) >= 11 is 0. The molecule has 4 nitrogen and oxygen atoms in total. The molecule has 0 aromatic heterocycles. The predicted octanol–water partition coefficient (Wildman–Crippen LogP) is 3.87. The largest absolute Gasteiger partial charge is 0.465 e. The summed E-state index contributed by atoms with van der Waals surface area (Å²) in [4.78, 5) is 24.2. The number of ketones is 1. The normalized spacial score (nSPS) is 30.2. The molecule has 0 aromatic carbocycles. The van der Waals surface area contributed by atoms with Crippen LogP contribution in [0.4, 0.5) is 0 Å². The van der Waals surface area contributed by atoms with Gasteiger partial charge < -0.3 is 9.16 Å². The van der Waals surface area contributed by atoms with Gasteiger partial charge in [0.15, 0.2) is 14.1 Å². The first kappa shape index (κ1) is 18.4. The van der Waals surface area contributed by atoms with Crippen LogP contribution in [0.15, 0.2) is 11.6 Å². The first-order chi connectivity index (χ1) is 10.3. The van der Waals surface area contributed by atoms with Gasteiger partial charge in [0.25, 0.3) is 0 Å². The Bertz CT molecular complexity index is 568. The fraction of sp³-hybridized carbons (Fsp3) is 0.778. The molecule has 23 heavy (non-hydrogen) atoms. The molecule has 0 saturated heterocycles. The molecule has 130 valence electrons. The lowest BCUT2D eigenvalue weighted by Gasteiger charge is -2.41. The minimum Gasteiger partial charge on any atom is -0.465 e. The molecule has 0 unspecified atom stereocenters. The van der Waals surface area contributed by atoms with E-state index >= 15 is 0 Å². The number of esters is 1. The second-order valence-electron chi connectivity index (χ2n) is 8.97. The van der Waals surface area contributed by atoms with E-state index in [2.05, 4.69) is 47.7 Å². The van der Waals surface area contributed by atoms with E-state index in [1.54, 1.807) is 6.08 Å². The van der Waals surface area contributed by atoms with Gasteiger partial charge in [0.05, 0.1) is 18.3 Å². The van der Waals surface area contributed by atoms with Crippen LogP contribution in [0.5, 0.6) is 0 Å². The van der Waals surface area contributed by atoms with Crippen LogP contribution in [0.2, 0.25) is 18.1 Å². The summed E-state index contributed by atoms with van der Waals surface area (Å²) in [7, 11) is -0.657. The van der Waals surface area contributed by atoms with Gasteiger partial charge in [-0.05, 0) is 30.0 Å². The van der Waals surface area contributed by atoms with Crippen LogP contribution in [0.25, 0.3) is 0 Å². The van der Waals surface area contributed by atoms with Gasteiger partial charge in [0.2, 0.25) is 0 Å². The van der Waals surface area contributed by atoms with E-state index in [4.69, 9.17) is 9.16 Å². The van der Waals surface area contributed by atoms with Crippen LogP contribution in [0, 0.1) is 11.3 Å². The molecule has 1 saturated carbocycles. The minimum atomic E-state index is -1.97. The number of hydrogen-bond acceptors (Lipinski definition) is 4. The summed E-state index contributed by atoms with van der Waals surface area (Å²) in [5, 5.41) is 0.107. The molecular formula is C18H30O4Si. The Hall–Kier alpha value is -0.943. The number of hydrogen-bond donors (Lipinski definition) is 0. The zero-order valence-electron chi connectivity index (χ0n) is 15.7. The Morgan fingerprint density at radius 3 is 2.35 bits per heavy atom. The highest BCUT2D eigenvalue weighted by Gasteiger charge is 2.73. The quantitative estimate of drug-likeness (QED) is 0.445. The van der Waals surface area contributed by atoms with Crippen molar-refractivity contribution in [2.75, 3.05) is 7.11 Å². The standard InChI is InChI=1S/C18H30O4Si/c1-16(2,3)23(7,8)22-18-10-9-12(15(20)21-6)13(19)11-14(18)17(18,4)5/h9,14H,10-11H2,1-8H3/t14-,18+/m1/s1. The van der Waals surface area contributed by atoms with Gasteiger partial charge in [-0.1, -0.05) is 40.7 Å². The molecule has 0 amide bonds. The fourth-order valence-electron chi connectivity index (χ4n) is 3.57. The van der Waals surface area contributed by atoms with Gasteiger partial charge >= 0.3 is 5.97 Å². The van der Waals surface area contributed by atoms with Crippen molar-refractivity contribution in [3.8, 4) is 0 Å². The summed E-state index contributed by atoms with van der Waals surface area (Å²) in [5.41, 5.74) is -0.189. The van der Waals surface area contributed by atoms with E-state index in [-0.39, 0.29) is 33.3 Å². The average Bonchev–Trinajstić information content (AvgIpc) is 2.89. The second kappa shape index (κ2) is 5.28. The fourth-order valence-corrected chi connectivity index (χ4v) is 5.28. The molecule has 0 aromatic rings. The van der Waals surface area contributed by atoms with Crippen molar-refractivity contribution in [3.63, 3.8) is 0 Å². The molecule has 0 N–H and O–H groups in total. The maximum Gasteiger partial charge on any atom is 0.341 e. The van der Waals surface area contributed by atoms with E-state index in [0.717, 1.165) is 0 Å². The molecule has 2 atom stereocenters. The van der Waals surface area contributed by atoms with Gasteiger partial charge in [0, 0.05) is 12.3 Å². The van der Waals surface area contributed by atoms with Crippen molar-refractivity contribution < 1.29 is 18.8 Å². The summed E-state index contributed by atoms with van der Waals surface area (Å²) in [6.45, 7) is 15.5. The number of fused-ring (bicyclic) bond motifs is 1. The highest BCUT2D eigenvalue weighted by atomic mass is 28.4. The van der Waals surface area contributed by atoms with E-state index < -0.39 is 14.3 Å². The predicted molar refractivity (Wildman–Crippen MR) is 92.6 cm³/mol. The van der Waals surface area contributed by atoms with E-state index in [1.807, 2.05) is 0 Å². The number of carbonyl (C=O) groups excluding carboxylic acids is 2. The van der Waals surface area contributed by atoms with Gasteiger partial charge in [-0.3, -0.25) is 4.79 Å². The lowest BCUT2D eigenvalue weighted by molar-refractivity contribution is -0.137. The molecule has 0 spiro atoms. The van der Waals surface area contributed by atoms with Crippen LogP contribution < -0.4 is 0 Å². The lowest BCUT2D eigenvalue weighted by atomic mass is 9.99. The molecule has 1 fully saturated rings. The van der Waals surface area contributed by atoms with Gasteiger partial charge in [-0.25, -0.2) is 4.79 Å². The van der Waals surface area contributed by atoms with Crippen molar-refractivity contribution >= 4 is 20.1 Å². The van der Waals surface area contributed by atoms with Crippen LogP contribution in [0.1, 0.15) is 47.5 Å². The SMILES string of the molecule is COC(=O)C1=CC[C@]2(O[Si](C)(C)C(C)(C)C)[C@H](CC1=O)C2(C)C. The maximum absolute atomic E-state index is 12.4. The van der Waals surface area contributed by atoms with E-state index in [9.17, 15) is 9.59 Å². The van der Waals surface area contributed by atoms with E-state index in [0.29, 0.717) is 12.8 Å². The topological polar surface area (TPSA) is 52.6 Å². The Morgan fingerprint density at radius 1 is 1.30 bits per heavy atom. The molecular weight excluding hydrogens is 308 g/mol. The first-order valence-electron chi connectivity index (χ1n) is 8.32. The third-order valence-electron chi connectivity index (χ3n) is 6.39. The molecule has 2 rings (SSSR count). The summed E-state index contributed by atoms with van der Waals surface area (Å²) < 4.78 is 11.5. The highest BCUT2D eigenvalue weighted by molar-refractivity contribution is 6.74. The van der Waals surface area contributed by atoms with Crippen LogP contribution in [0.3, 0.4) is 0 Å². The Labute approximate surface area is 140 Å². The van der Waals surface area contributed by atoms with Crippen molar-refractivity contribution in [1.29, 1.82) is 0 Å². The molecule has 0 bridgehead atoms. The number of methoxy groups -OCH3 is 1. The molecule has 2 aliphatic carbocycles. The van der Waals surface area contributed by atoms with Crippen molar-refractivity contribution in [3.05, 3.63) is 11.6 Å². The lowest BCUT2D eigenvalue weighted by Crippen LogP contribution is -2.46. The minimum absolute atomic E-state index is 0.0453. The first-order valence-corrected chi connectivity index (χ1v) is 11.2. The zero-order valence-corrected chi connectivity index (χ0v) is 16.7. The van der Waals surface area contributed by atoms with Crippen molar-refractivity contribution in [2.45, 2.75) is 71.2 Å². The van der Waals surface area contributed by atoms with Crippen molar-refractivity contribution in [1.82, 2.24) is 0 Å². The van der Waals surface area contributed by atoms with Gasteiger partial charge in [-0.15, -0.1) is 0 Å². The Kier molecular flexibility index (Phi) is 4.22. The second-order valence-corrected chi connectivity index (χ2v) is 13.7. The molecule has 2 aliphatic rings. The summed E-state index contributed by atoms with van der Waals surface area (Å²) in [6, 6.07) is 0. The smallest absolute Gasteiger partial charge is 0.341 e. The Morgan fingerprint density at radius 2 is 1.87 bits per heavy atom. The molecule has 5 heteroatoms. The van der Waals surface area contributed by atoms with Gasteiger partial charge in [-0.2, -0.15) is 0 Å². The molecule has 0 heterocycles. The van der Waals surface area contributed by atoms with Crippen LogP contribution >= 0.6 is 0 Å². The Balaban J connectivity index is 2.36. The summed E-state index contributed by atoms with van der Waals surface area (Å²) in [5.74, 6) is -0.486. The average molecular weight is 339 g/mol. The number of carbonyl (C=O) groups is 2.